The molecule has 4 N–H and O–H groups in total. The fourth-order valence-corrected chi connectivity index (χ4v) is 5.37. The van der Waals surface area contributed by atoms with Crippen molar-refractivity contribution in [3.63, 3.8) is 0 Å². The largest absolute Gasteiger partial charge is 0.480 e. The summed E-state index contributed by atoms with van der Waals surface area (Å²) in [5.41, 5.74) is 6.88. The molecule has 1 aromatic heterocycles. The maximum absolute atomic E-state index is 15.6. The van der Waals surface area contributed by atoms with E-state index in [1.54, 1.807) is 18.2 Å². The molecule has 39 heavy (non-hydrogen) atoms. The molecule has 10 nitrogen and oxygen atoms in total. The molecule has 0 radical (unpaired) electrons. The summed E-state index contributed by atoms with van der Waals surface area (Å²) < 4.78 is 32.2. The van der Waals surface area contributed by atoms with Crippen molar-refractivity contribution in [2.75, 3.05) is 25.6 Å². The highest BCUT2D eigenvalue weighted by molar-refractivity contribution is 6.02. The Morgan fingerprint density at radius 3 is 2.62 bits per heavy atom. The van der Waals surface area contributed by atoms with Gasteiger partial charge in [-0.15, -0.1) is 0 Å². The second-order valence-electron chi connectivity index (χ2n) is 9.62. The molecular weight excluding hydrogens is 505 g/mol. The number of rotatable bonds is 7. The summed E-state index contributed by atoms with van der Waals surface area (Å²) in [6.07, 6.45) is 5.24. The van der Waals surface area contributed by atoms with E-state index in [4.69, 9.17) is 19.9 Å². The number of urea groups is 1. The molecule has 3 aromatic rings. The summed E-state index contributed by atoms with van der Waals surface area (Å²) in [5.74, 6) is -0.203. The first-order chi connectivity index (χ1) is 18.8. The Labute approximate surface area is 225 Å². The maximum Gasteiger partial charge on any atom is 0.313 e. The van der Waals surface area contributed by atoms with Crippen LogP contribution in [0.25, 0.3) is 0 Å². The van der Waals surface area contributed by atoms with Gasteiger partial charge in [0.25, 0.3) is 5.91 Å². The number of carbonyl (C=O) groups excluding carboxylic acids is 2. The van der Waals surface area contributed by atoms with Gasteiger partial charge in [0.2, 0.25) is 5.88 Å². The zero-order chi connectivity index (χ0) is 27.6. The lowest BCUT2D eigenvalue weighted by atomic mass is 9.75. The van der Waals surface area contributed by atoms with E-state index >= 15 is 4.39 Å². The lowest BCUT2D eigenvalue weighted by molar-refractivity contribution is 0.0852. The van der Waals surface area contributed by atoms with Crippen molar-refractivity contribution < 1.29 is 28.2 Å². The number of hydrogen-bond acceptors (Lipinski definition) is 7. The average Bonchev–Trinajstić information content (AvgIpc) is 2.94. The number of primary amides is 1. The quantitative estimate of drug-likeness (QED) is 0.402. The highest BCUT2D eigenvalue weighted by Crippen LogP contribution is 2.51. The number of nitrogens with one attached hydrogen (secondary N) is 2. The summed E-state index contributed by atoms with van der Waals surface area (Å²) in [5, 5.41) is 5.72. The Bertz CT molecular complexity index is 1390. The molecule has 0 spiro atoms. The second-order valence-corrected chi connectivity index (χ2v) is 9.62. The predicted molar refractivity (Wildman–Crippen MR) is 141 cm³/mol. The number of anilines is 1. The molecule has 5 rings (SSSR count). The van der Waals surface area contributed by atoms with Gasteiger partial charge in [0, 0.05) is 30.0 Å². The fraction of sp³-hybridized carbons (Fsp3) is 0.357. The van der Waals surface area contributed by atoms with E-state index < -0.39 is 23.3 Å². The number of nitrogens with two attached hydrogens (primary N) is 1. The standard InChI is InChI=1S/C28H30FN5O5/c1-3-8-28(34-27(30)36)19-13-18(33-26(35)22-14-32-24(37-2)15-31-22)4-5-23(19)39-25-20(28)11-17(12-21(25)29)16-6-9-38-10-7-16/h4-5,11-16H,3,6-10H2,1-2H3,(H,33,35)(H3,30,34,36)/t28-/m0/s1. The van der Waals surface area contributed by atoms with Gasteiger partial charge in [-0.05, 0) is 61.1 Å². The van der Waals surface area contributed by atoms with Gasteiger partial charge < -0.3 is 30.6 Å². The van der Waals surface area contributed by atoms with E-state index in [2.05, 4.69) is 20.6 Å². The maximum atomic E-state index is 15.6. The molecule has 2 aliphatic heterocycles. The number of ether oxygens (including phenoxy) is 3. The van der Waals surface area contributed by atoms with Gasteiger partial charge in [-0.25, -0.2) is 19.2 Å². The minimum atomic E-state index is -1.19. The number of aromatic nitrogens is 2. The van der Waals surface area contributed by atoms with Crippen molar-refractivity contribution in [2.45, 2.75) is 44.1 Å². The van der Waals surface area contributed by atoms with E-state index in [-0.39, 0.29) is 23.2 Å². The number of methoxy groups -OCH3 is 1. The van der Waals surface area contributed by atoms with Crippen LogP contribution in [0.4, 0.5) is 14.9 Å². The Morgan fingerprint density at radius 2 is 1.95 bits per heavy atom. The molecule has 3 heterocycles. The number of carbonyl (C=O) groups is 2. The van der Waals surface area contributed by atoms with Crippen molar-refractivity contribution >= 4 is 17.6 Å². The number of amides is 3. The third-order valence-electron chi connectivity index (χ3n) is 7.16. The summed E-state index contributed by atoms with van der Waals surface area (Å²) in [6, 6.07) is 7.62. The molecule has 3 amide bonds. The predicted octanol–water partition coefficient (Wildman–Crippen LogP) is 4.59. The van der Waals surface area contributed by atoms with Gasteiger partial charge in [-0.3, -0.25) is 4.79 Å². The normalized spacial score (nSPS) is 18.3. The van der Waals surface area contributed by atoms with Crippen LogP contribution in [0.3, 0.4) is 0 Å². The van der Waals surface area contributed by atoms with Crippen LogP contribution in [-0.2, 0) is 10.3 Å². The third kappa shape index (κ3) is 5.09. The van der Waals surface area contributed by atoms with E-state index in [1.807, 2.05) is 13.0 Å². The molecule has 2 aliphatic rings. The van der Waals surface area contributed by atoms with Gasteiger partial charge in [-0.1, -0.05) is 13.3 Å². The van der Waals surface area contributed by atoms with Crippen molar-refractivity contribution in [1.82, 2.24) is 15.3 Å². The Kier molecular flexibility index (Phi) is 7.34. The number of benzene rings is 2. The smallest absolute Gasteiger partial charge is 0.313 e. The van der Waals surface area contributed by atoms with Crippen LogP contribution < -0.4 is 25.8 Å². The van der Waals surface area contributed by atoms with Crippen LogP contribution in [0.2, 0.25) is 0 Å². The summed E-state index contributed by atoms with van der Waals surface area (Å²) >= 11 is 0. The molecule has 11 heteroatoms. The minimum Gasteiger partial charge on any atom is -0.480 e. The molecule has 1 saturated heterocycles. The number of hydrogen-bond donors (Lipinski definition) is 3. The molecule has 0 aliphatic carbocycles. The van der Waals surface area contributed by atoms with E-state index in [1.165, 1.54) is 25.6 Å². The fourth-order valence-electron chi connectivity index (χ4n) is 5.37. The van der Waals surface area contributed by atoms with Crippen molar-refractivity contribution in [3.05, 3.63) is 70.9 Å². The highest BCUT2D eigenvalue weighted by Gasteiger charge is 2.44. The molecule has 2 aromatic carbocycles. The van der Waals surface area contributed by atoms with Crippen LogP contribution in [0.1, 0.15) is 65.7 Å². The van der Waals surface area contributed by atoms with Crippen molar-refractivity contribution in [1.29, 1.82) is 0 Å². The van der Waals surface area contributed by atoms with Gasteiger partial charge in [0.1, 0.15) is 11.4 Å². The van der Waals surface area contributed by atoms with Crippen LogP contribution in [-0.4, -0.2) is 42.2 Å². The van der Waals surface area contributed by atoms with Crippen molar-refractivity contribution in [2.24, 2.45) is 5.73 Å². The van der Waals surface area contributed by atoms with E-state index in [9.17, 15) is 9.59 Å². The topological polar surface area (TPSA) is 138 Å². The average molecular weight is 536 g/mol. The molecule has 1 atom stereocenters. The molecule has 204 valence electrons. The number of fused-ring (bicyclic) bond motifs is 2. The number of nitrogens with zero attached hydrogens (tertiary/aromatic N) is 2. The van der Waals surface area contributed by atoms with E-state index in [0.717, 1.165) is 18.4 Å². The van der Waals surface area contributed by atoms with Gasteiger partial charge in [0.05, 0.1) is 25.0 Å². The lowest BCUT2D eigenvalue weighted by Gasteiger charge is -2.41. The third-order valence-corrected chi connectivity index (χ3v) is 7.16. The van der Waals surface area contributed by atoms with Crippen LogP contribution in [0, 0.1) is 5.82 Å². The Morgan fingerprint density at radius 1 is 1.15 bits per heavy atom. The van der Waals surface area contributed by atoms with Gasteiger partial charge in [0.15, 0.2) is 11.6 Å². The number of halogens is 1. The Balaban J connectivity index is 1.58. The monoisotopic (exact) mass is 535 g/mol. The molecular formula is C28H30FN5O5. The SMILES string of the molecule is CCC[C@]1(NC(N)=O)c2cc(NC(=O)c3cnc(OC)cn3)ccc2Oc2c(F)cc(C3CCOCC3)cc21. The second kappa shape index (κ2) is 10.9. The summed E-state index contributed by atoms with van der Waals surface area (Å²) in [7, 11) is 1.46. The molecule has 1 fully saturated rings. The van der Waals surface area contributed by atoms with E-state index in [0.29, 0.717) is 48.6 Å². The molecule has 0 saturated carbocycles. The first-order valence-electron chi connectivity index (χ1n) is 12.8. The van der Waals surface area contributed by atoms with Gasteiger partial charge in [-0.2, -0.15) is 0 Å². The van der Waals surface area contributed by atoms with Crippen LogP contribution >= 0.6 is 0 Å². The first-order valence-corrected chi connectivity index (χ1v) is 12.8. The van der Waals surface area contributed by atoms with Crippen LogP contribution in [0.5, 0.6) is 17.4 Å². The minimum absolute atomic E-state index is 0.0470. The Hall–Kier alpha value is -4.25. The van der Waals surface area contributed by atoms with Crippen molar-refractivity contribution in [3.8, 4) is 17.4 Å². The van der Waals surface area contributed by atoms with Gasteiger partial charge >= 0.3 is 6.03 Å². The lowest BCUT2D eigenvalue weighted by Crippen LogP contribution is -2.50. The molecule has 0 bridgehead atoms. The zero-order valence-corrected chi connectivity index (χ0v) is 21.8. The highest BCUT2D eigenvalue weighted by atomic mass is 19.1. The first kappa shape index (κ1) is 26.4. The summed E-state index contributed by atoms with van der Waals surface area (Å²) in [6.45, 7) is 3.17. The zero-order valence-electron chi connectivity index (χ0n) is 21.8. The molecule has 0 unspecified atom stereocenters. The summed E-state index contributed by atoms with van der Waals surface area (Å²) in [4.78, 5) is 33.4. The van der Waals surface area contributed by atoms with Crippen LogP contribution in [0.15, 0.2) is 42.7 Å².